The van der Waals surface area contributed by atoms with Crippen LogP contribution in [-0.2, 0) is 29.2 Å². The van der Waals surface area contributed by atoms with Crippen molar-refractivity contribution in [2.24, 2.45) is 7.05 Å². The van der Waals surface area contributed by atoms with E-state index in [0.29, 0.717) is 12.5 Å². The predicted octanol–water partition coefficient (Wildman–Crippen LogP) is 1.97. The third-order valence-corrected chi connectivity index (χ3v) is 8.43. The summed E-state index contributed by atoms with van der Waals surface area (Å²) in [6, 6.07) is 1.77. The molecule has 112 valence electrons. The Kier molecular flexibility index (Phi) is 7.68. The van der Waals surface area contributed by atoms with E-state index in [1.165, 1.54) is 6.26 Å². The van der Waals surface area contributed by atoms with Gasteiger partial charge in [0.15, 0.2) is 8.32 Å². The molecule has 0 fully saturated rings. The number of hydrogen-bond acceptors (Lipinski definition) is 4. The summed E-state index contributed by atoms with van der Waals surface area (Å²) in [7, 11) is 0.0539. The summed E-state index contributed by atoms with van der Waals surface area (Å²) in [5, 5.41) is 4.33. The van der Waals surface area contributed by atoms with Gasteiger partial charge in [0, 0.05) is 19.4 Å². The molecule has 0 aromatic carbocycles. The van der Waals surface area contributed by atoms with Gasteiger partial charge in [-0.15, -0.1) is 5.10 Å². The van der Waals surface area contributed by atoms with Crippen LogP contribution in [0.25, 0.3) is 0 Å². The van der Waals surface area contributed by atoms with Crippen molar-refractivity contribution < 1.29 is 12.8 Å². The van der Waals surface area contributed by atoms with Crippen LogP contribution in [0, 0.1) is 0 Å². The zero-order chi connectivity index (χ0) is 14.8. The molecule has 0 aliphatic carbocycles. The Balaban J connectivity index is 0.00000361. The Morgan fingerprint density at radius 2 is 1.95 bits per heavy atom. The van der Waals surface area contributed by atoms with Crippen molar-refractivity contribution in [3.63, 3.8) is 0 Å². The van der Waals surface area contributed by atoms with E-state index in [1.807, 2.05) is 7.05 Å². The summed E-state index contributed by atoms with van der Waals surface area (Å²) in [5.41, 5.74) is 0.922. The molecule has 0 spiro atoms. The van der Waals surface area contributed by atoms with Crippen LogP contribution in [0.3, 0.4) is 0 Å². The monoisotopic (exact) mass is 328 g/mol. The van der Waals surface area contributed by atoms with E-state index in [4.69, 9.17) is 8.61 Å². The Morgan fingerprint density at radius 1 is 1.40 bits per heavy atom. The fraction of sp³-hybridized carbons (Fsp3) is 0.750. The summed E-state index contributed by atoms with van der Waals surface area (Å²) in [6.45, 7) is 11.5. The van der Waals surface area contributed by atoms with Crippen molar-refractivity contribution in [3.05, 3.63) is 11.8 Å². The molecule has 0 saturated carbocycles. The first-order chi connectivity index (χ1) is 8.53. The van der Waals surface area contributed by atoms with Crippen LogP contribution in [0.5, 0.6) is 5.88 Å². The van der Waals surface area contributed by atoms with Gasteiger partial charge in [0.25, 0.3) is 0 Å². The second-order valence-electron chi connectivity index (χ2n) is 6.13. The fourth-order valence-corrected chi connectivity index (χ4v) is 2.51. The van der Waals surface area contributed by atoms with Crippen molar-refractivity contribution in [1.82, 2.24) is 9.78 Å². The second kappa shape index (κ2) is 7.55. The average molecular weight is 328 g/mol. The van der Waals surface area contributed by atoms with Crippen LogP contribution in [0.2, 0.25) is 18.1 Å². The van der Waals surface area contributed by atoms with Crippen LogP contribution in [-0.4, -0.2) is 58.1 Å². The summed E-state index contributed by atoms with van der Waals surface area (Å²) in [5.74, 6) is 0.372. The van der Waals surface area contributed by atoms with Gasteiger partial charge in [0.05, 0.1) is 12.3 Å². The first kappa shape index (κ1) is 20.3. The number of rotatable bonds is 5. The van der Waals surface area contributed by atoms with Gasteiger partial charge in [-0.05, 0) is 18.1 Å². The van der Waals surface area contributed by atoms with Crippen LogP contribution in [0.1, 0.15) is 26.5 Å². The van der Waals surface area contributed by atoms with Crippen LogP contribution in [0.4, 0.5) is 0 Å². The van der Waals surface area contributed by atoms with Gasteiger partial charge in [-0.25, -0.2) is 4.21 Å². The van der Waals surface area contributed by atoms with E-state index in [0.717, 1.165) is 5.69 Å². The van der Waals surface area contributed by atoms with Crippen molar-refractivity contribution in [2.45, 2.75) is 45.5 Å². The molecule has 0 bridgehead atoms. The maximum atomic E-state index is 11.0. The van der Waals surface area contributed by atoms with Crippen LogP contribution < -0.4 is 4.18 Å². The van der Waals surface area contributed by atoms with Crippen molar-refractivity contribution in [2.75, 3.05) is 6.26 Å². The molecule has 0 aliphatic heterocycles. The van der Waals surface area contributed by atoms with Crippen molar-refractivity contribution in [3.8, 4) is 5.88 Å². The molecule has 5 nitrogen and oxygen atoms in total. The maximum absolute atomic E-state index is 11.0. The normalized spacial score (nSPS) is 13.8. The van der Waals surface area contributed by atoms with E-state index in [1.54, 1.807) is 10.7 Å². The minimum absolute atomic E-state index is 0. The van der Waals surface area contributed by atoms with Gasteiger partial charge in [-0.3, -0.25) is 4.68 Å². The minimum atomic E-state index is -1.78. The summed E-state index contributed by atoms with van der Waals surface area (Å²) in [4.78, 5) is 0. The number of aryl methyl sites for hydroxylation is 1. The molecule has 0 N–H and O–H groups in total. The third kappa shape index (κ3) is 5.61. The molecule has 1 unspecified atom stereocenters. The molecule has 0 aliphatic rings. The Morgan fingerprint density at radius 3 is 2.40 bits per heavy atom. The van der Waals surface area contributed by atoms with Gasteiger partial charge in [-0.2, -0.15) is 0 Å². The standard InChI is InChI=1S/C12H24N2O3SSi.Na.H/c1-12(2,3)19(6,7)16-9-10-8-11(13-14(10)4)17-18(5)15;;/h8H,9H2,1-7H3;;. The van der Waals surface area contributed by atoms with Crippen molar-refractivity contribution in [1.29, 1.82) is 0 Å². The van der Waals surface area contributed by atoms with E-state index < -0.39 is 19.4 Å². The predicted molar refractivity (Wildman–Crippen MR) is 87.0 cm³/mol. The number of hydrogen-bond donors (Lipinski definition) is 0. The zero-order valence-corrected chi connectivity index (χ0v) is 14.6. The molecule has 1 aromatic heterocycles. The molecule has 1 aromatic rings. The van der Waals surface area contributed by atoms with E-state index in [9.17, 15) is 4.21 Å². The molecule has 8 heteroatoms. The first-order valence-electron chi connectivity index (χ1n) is 6.21. The van der Waals surface area contributed by atoms with Crippen LogP contribution >= 0.6 is 0 Å². The number of nitrogens with zero attached hydrogens (tertiary/aromatic N) is 2. The van der Waals surface area contributed by atoms with Crippen LogP contribution in [0.15, 0.2) is 6.07 Å². The summed E-state index contributed by atoms with van der Waals surface area (Å²) < 4.78 is 23.9. The van der Waals surface area contributed by atoms with E-state index in [-0.39, 0.29) is 34.6 Å². The van der Waals surface area contributed by atoms with E-state index >= 15 is 0 Å². The molecule has 0 saturated heterocycles. The molecule has 0 radical (unpaired) electrons. The molecule has 0 amide bonds. The second-order valence-corrected chi connectivity index (χ2v) is 11.9. The molecule has 1 heterocycles. The summed E-state index contributed by atoms with van der Waals surface area (Å²) in [6.07, 6.45) is 1.47. The number of aromatic nitrogens is 2. The SMILES string of the molecule is Cn1nc(OS(C)=O)cc1CO[Si](C)(C)C(C)(C)C.[NaH]. The van der Waals surface area contributed by atoms with Gasteiger partial charge >= 0.3 is 29.6 Å². The Hall–Kier alpha value is 0.337. The average Bonchev–Trinajstić information content (AvgIpc) is 2.53. The third-order valence-electron chi connectivity index (χ3n) is 3.54. The van der Waals surface area contributed by atoms with Crippen molar-refractivity contribution >= 4 is 49.0 Å². The van der Waals surface area contributed by atoms with E-state index in [2.05, 4.69) is 39.0 Å². The van der Waals surface area contributed by atoms with Gasteiger partial charge in [0.1, 0.15) is 0 Å². The Labute approximate surface area is 147 Å². The summed E-state index contributed by atoms with van der Waals surface area (Å²) >= 11 is -1.35. The molecular formula is C12H25N2NaO3SSi. The zero-order valence-electron chi connectivity index (χ0n) is 12.8. The fourth-order valence-electron chi connectivity index (χ4n) is 1.24. The molecule has 1 atom stereocenters. The van der Waals surface area contributed by atoms with Gasteiger partial charge < -0.3 is 8.61 Å². The molecular weight excluding hydrogens is 303 g/mol. The van der Waals surface area contributed by atoms with Gasteiger partial charge in [-0.1, -0.05) is 20.8 Å². The quantitative estimate of drug-likeness (QED) is 0.776. The first-order valence-corrected chi connectivity index (χ1v) is 10.6. The van der Waals surface area contributed by atoms with Gasteiger partial charge in [0.2, 0.25) is 17.0 Å². The Bertz CT molecular complexity index is 472. The molecule has 1 rings (SSSR count). The topological polar surface area (TPSA) is 53.4 Å². The molecule has 20 heavy (non-hydrogen) atoms.